The highest BCUT2D eigenvalue weighted by molar-refractivity contribution is 7.18. The van der Waals surface area contributed by atoms with E-state index in [0.29, 0.717) is 5.82 Å². The molecule has 0 spiro atoms. The fraction of sp³-hybridized carbons (Fsp3) is 0.308. The Hall–Kier alpha value is -3.35. The van der Waals surface area contributed by atoms with Crippen LogP contribution in [0.4, 0.5) is 11.5 Å². The van der Waals surface area contributed by atoms with Crippen molar-refractivity contribution in [2.24, 2.45) is 0 Å². The molecule has 2 aliphatic rings. The molecule has 8 nitrogen and oxygen atoms in total. The van der Waals surface area contributed by atoms with Crippen LogP contribution in [-0.4, -0.2) is 31.2 Å². The minimum atomic E-state index is -0.152. The Balaban J connectivity index is 1.31. The zero-order valence-corrected chi connectivity index (χ0v) is 21.1. The van der Waals surface area contributed by atoms with E-state index < -0.39 is 0 Å². The summed E-state index contributed by atoms with van der Waals surface area (Å²) in [5.41, 5.74) is 8.84. The number of hydrogen-bond donors (Lipinski definition) is 3. The Bertz CT molecular complexity index is 1400. The minimum Gasteiger partial charge on any atom is -0.366 e. The monoisotopic (exact) mass is 485 g/mol. The number of tetrazole rings is 1. The van der Waals surface area contributed by atoms with Crippen molar-refractivity contribution in [3.8, 4) is 22.5 Å². The Morgan fingerprint density at radius 2 is 1.91 bits per heavy atom. The summed E-state index contributed by atoms with van der Waals surface area (Å²) < 4.78 is 5.86. The number of fused-ring (bicyclic) bond motifs is 1. The molecular weight excluding hydrogens is 457 g/mol. The molecule has 0 bridgehead atoms. The molecule has 4 aromatic rings. The number of aromatic nitrogens is 5. The summed E-state index contributed by atoms with van der Waals surface area (Å²) in [5, 5.41) is 21.6. The van der Waals surface area contributed by atoms with Gasteiger partial charge in [0.05, 0.1) is 23.0 Å². The first-order chi connectivity index (χ1) is 16.9. The third-order valence-corrected chi connectivity index (χ3v) is 7.29. The Morgan fingerprint density at radius 3 is 2.63 bits per heavy atom. The molecular formula is C26H28N7OP. The van der Waals surface area contributed by atoms with Crippen molar-refractivity contribution >= 4 is 20.9 Å². The standard InChI is InChI=1S/C26H28N7OP/c1-14-12-21(23-26(2,3)34-23)28-25(22(14)31-35)27-20-11-9-16-13-15(8-10-18(16)20)17-6-4-5-7-19(17)24-29-32-33-30-24/h4-8,10,12-13,20,23,31H,9,11,35H2,1-3H3,(H,27,28)(H,29,30,32,33)/t20-,23?/m0/s1. The normalized spacial score (nSPS) is 19.9. The average molecular weight is 486 g/mol. The highest BCUT2D eigenvalue weighted by atomic mass is 31.0. The molecule has 1 fully saturated rings. The van der Waals surface area contributed by atoms with Crippen LogP contribution in [0.3, 0.4) is 0 Å². The van der Waals surface area contributed by atoms with Crippen LogP contribution in [0.2, 0.25) is 0 Å². The molecule has 1 aliphatic heterocycles. The van der Waals surface area contributed by atoms with Gasteiger partial charge in [0.15, 0.2) is 5.82 Å². The Labute approximate surface area is 206 Å². The summed E-state index contributed by atoms with van der Waals surface area (Å²) in [6, 6.07) is 17.2. The van der Waals surface area contributed by atoms with Crippen molar-refractivity contribution in [2.75, 3.05) is 10.4 Å². The van der Waals surface area contributed by atoms with Crippen molar-refractivity contribution in [2.45, 2.75) is 51.4 Å². The summed E-state index contributed by atoms with van der Waals surface area (Å²) in [7, 11) is 2.60. The molecule has 1 saturated heterocycles. The predicted octanol–water partition coefficient (Wildman–Crippen LogP) is 5.39. The quantitative estimate of drug-likeness (QED) is 0.249. The summed E-state index contributed by atoms with van der Waals surface area (Å²) >= 11 is 0. The summed E-state index contributed by atoms with van der Waals surface area (Å²) in [6.45, 7) is 6.31. The number of benzene rings is 2. The lowest BCUT2D eigenvalue weighted by atomic mass is 9.96. The number of H-pyrrole nitrogens is 1. The lowest BCUT2D eigenvalue weighted by molar-refractivity contribution is 0.324. The highest BCUT2D eigenvalue weighted by Gasteiger charge is 2.50. The fourth-order valence-electron chi connectivity index (χ4n) is 5.11. The lowest BCUT2D eigenvalue weighted by Gasteiger charge is -2.20. The maximum Gasteiger partial charge on any atom is 0.205 e. The van der Waals surface area contributed by atoms with Crippen LogP contribution < -0.4 is 10.4 Å². The number of anilines is 2. The molecule has 0 saturated carbocycles. The maximum atomic E-state index is 5.86. The van der Waals surface area contributed by atoms with Crippen LogP contribution in [0.15, 0.2) is 48.5 Å². The van der Waals surface area contributed by atoms with Gasteiger partial charge in [0.1, 0.15) is 6.10 Å². The van der Waals surface area contributed by atoms with Gasteiger partial charge >= 0.3 is 0 Å². The molecule has 35 heavy (non-hydrogen) atoms. The van der Waals surface area contributed by atoms with E-state index in [9.17, 15) is 0 Å². The largest absolute Gasteiger partial charge is 0.366 e. The zero-order chi connectivity index (χ0) is 24.2. The van der Waals surface area contributed by atoms with Crippen LogP contribution in [0.5, 0.6) is 0 Å². The molecule has 6 rings (SSSR count). The average Bonchev–Trinajstić information content (AvgIpc) is 3.22. The van der Waals surface area contributed by atoms with E-state index in [4.69, 9.17) is 9.72 Å². The second kappa shape index (κ2) is 8.40. The molecule has 3 atom stereocenters. The molecule has 9 heteroatoms. The summed E-state index contributed by atoms with van der Waals surface area (Å²) in [6.07, 6.45) is 2.06. The Morgan fingerprint density at radius 1 is 1.11 bits per heavy atom. The first-order valence-corrected chi connectivity index (χ1v) is 12.4. The molecule has 3 N–H and O–H groups in total. The van der Waals surface area contributed by atoms with Crippen LogP contribution in [0, 0.1) is 6.92 Å². The van der Waals surface area contributed by atoms with Gasteiger partial charge in [0, 0.05) is 5.56 Å². The van der Waals surface area contributed by atoms with Gasteiger partial charge in [0.25, 0.3) is 0 Å². The number of pyridine rings is 1. The van der Waals surface area contributed by atoms with Crippen molar-refractivity contribution in [1.29, 1.82) is 0 Å². The SMILES string of the molecule is Cc1cc(C2OC2(C)C)nc(N[C@H]2CCc3cc(-c4ccccc4-c4nn[nH]n4)ccc32)c1NP. The van der Waals surface area contributed by atoms with E-state index in [-0.39, 0.29) is 17.7 Å². The van der Waals surface area contributed by atoms with E-state index in [2.05, 4.69) is 91.5 Å². The number of nitrogens with one attached hydrogen (secondary N) is 3. The molecule has 3 heterocycles. The van der Waals surface area contributed by atoms with Crippen molar-refractivity contribution in [3.05, 3.63) is 70.9 Å². The zero-order valence-electron chi connectivity index (χ0n) is 20.0. The Kier molecular flexibility index (Phi) is 5.31. The van der Waals surface area contributed by atoms with Gasteiger partial charge in [0.2, 0.25) is 5.82 Å². The molecule has 0 radical (unpaired) electrons. The molecule has 0 amide bonds. The first kappa shape index (κ1) is 22.1. The topological polar surface area (TPSA) is 104 Å². The van der Waals surface area contributed by atoms with Crippen LogP contribution >= 0.6 is 9.39 Å². The van der Waals surface area contributed by atoms with Crippen molar-refractivity contribution in [1.82, 2.24) is 25.6 Å². The second-order valence-electron chi connectivity index (χ2n) is 9.76. The fourth-order valence-corrected chi connectivity index (χ4v) is 5.48. The number of aryl methyl sites for hydroxylation is 2. The van der Waals surface area contributed by atoms with Gasteiger partial charge in [-0.2, -0.15) is 5.21 Å². The van der Waals surface area contributed by atoms with Gasteiger partial charge in [-0.25, -0.2) is 4.98 Å². The van der Waals surface area contributed by atoms with E-state index in [1.54, 1.807) is 0 Å². The number of nitrogens with zero attached hydrogens (tertiary/aromatic N) is 4. The van der Waals surface area contributed by atoms with Crippen LogP contribution in [0.25, 0.3) is 22.5 Å². The molecule has 2 aromatic heterocycles. The lowest BCUT2D eigenvalue weighted by Crippen LogP contribution is -2.12. The van der Waals surface area contributed by atoms with Gasteiger partial charge in [-0.15, -0.1) is 10.2 Å². The molecule has 2 aromatic carbocycles. The number of aromatic amines is 1. The number of hydrogen-bond acceptors (Lipinski definition) is 7. The van der Waals surface area contributed by atoms with Gasteiger partial charge in [-0.1, -0.05) is 42.5 Å². The van der Waals surface area contributed by atoms with Crippen molar-refractivity contribution in [3.63, 3.8) is 0 Å². The predicted molar refractivity (Wildman–Crippen MR) is 140 cm³/mol. The van der Waals surface area contributed by atoms with E-state index in [1.807, 2.05) is 18.2 Å². The van der Waals surface area contributed by atoms with E-state index >= 15 is 0 Å². The second-order valence-corrected chi connectivity index (χ2v) is 10.1. The maximum absolute atomic E-state index is 5.86. The molecule has 1 aliphatic carbocycles. The van der Waals surface area contributed by atoms with E-state index in [0.717, 1.165) is 52.3 Å². The van der Waals surface area contributed by atoms with Crippen LogP contribution in [0.1, 0.15) is 54.8 Å². The van der Waals surface area contributed by atoms with E-state index in [1.165, 1.54) is 11.1 Å². The third kappa shape index (κ3) is 3.97. The number of epoxide rings is 1. The number of rotatable bonds is 6. The van der Waals surface area contributed by atoms with Crippen molar-refractivity contribution < 1.29 is 4.74 Å². The van der Waals surface area contributed by atoms with Gasteiger partial charge in [-0.05, 0) is 82.1 Å². The number of ether oxygens (including phenoxy) is 1. The minimum absolute atomic E-state index is 0.0398. The smallest absolute Gasteiger partial charge is 0.205 e. The summed E-state index contributed by atoms with van der Waals surface area (Å²) in [4.78, 5) is 4.97. The third-order valence-electron chi connectivity index (χ3n) is 7.00. The molecule has 2 unspecified atom stereocenters. The van der Waals surface area contributed by atoms with Gasteiger partial charge in [-0.3, -0.25) is 0 Å². The van der Waals surface area contributed by atoms with Crippen LogP contribution in [-0.2, 0) is 11.2 Å². The summed E-state index contributed by atoms with van der Waals surface area (Å²) in [5.74, 6) is 1.47. The first-order valence-electron chi connectivity index (χ1n) is 11.8. The highest BCUT2D eigenvalue weighted by Crippen LogP contribution is 2.49. The molecule has 178 valence electrons. The van der Waals surface area contributed by atoms with Gasteiger partial charge < -0.3 is 15.1 Å².